The molecule has 98 valence electrons. The molecule has 3 nitrogen and oxygen atoms in total. The molecule has 0 spiro atoms. The predicted octanol–water partition coefficient (Wildman–Crippen LogP) is 2.58. The van der Waals surface area contributed by atoms with Gasteiger partial charge in [0.25, 0.3) is 0 Å². The standard InChI is InChI=1S/C15H21NO2/c1-12-10-15(3-2-14(12)11-17)18-9-6-13-4-7-16-8-5-13/h2-3,10-11,13,16H,4-9H2,1H3. The number of carbonyl (C=O) groups is 1. The highest BCUT2D eigenvalue weighted by molar-refractivity contribution is 5.77. The number of nitrogens with one attached hydrogen (secondary N) is 1. The van der Waals surface area contributed by atoms with Crippen LogP contribution in [0, 0.1) is 12.8 Å². The number of carbonyl (C=O) groups excluding carboxylic acids is 1. The minimum absolute atomic E-state index is 0.737. The second-order valence-electron chi connectivity index (χ2n) is 4.97. The largest absolute Gasteiger partial charge is 0.494 e. The summed E-state index contributed by atoms with van der Waals surface area (Å²) in [6.07, 6.45) is 4.52. The molecule has 0 bridgehead atoms. The second kappa shape index (κ2) is 6.55. The number of ether oxygens (including phenoxy) is 1. The highest BCUT2D eigenvalue weighted by atomic mass is 16.5. The highest BCUT2D eigenvalue weighted by Crippen LogP contribution is 2.19. The third-order valence-electron chi connectivity index (χ3n) is 3.62. The van der Waals surface area contributed by atoms with Gasteiger partial charge in [0.05, 0.1) is 6.61 Å². The SMILES string of the molecule is Cc1cc(OCCC2CCNCC2)ccc1C=O. The first kappa shape index (κ1) is 13.1. The van der Waals surface area contributed by atoms with Gasteiger partial charge in [-0.1, -0.05) is 0 Å². The molecule has 1 heterocycles. The van der Waals surface area contributed by atoms with Crippen molar-refractivity contribution in [3.05, 3.63) is 29.3 Å². The Labute approximate surface area is 109 Å². The fourth-order valence-electron chi connectivity index (χ4n) is 2.38. The van der Waals surface area contributed by atoms with Crippen LogP contribution in [-0.4, -0.2) is 26.0 Å². The summed E-state index contributed by atoms with van der Waals surface area (Å²) in [7, 11) is 0. The molecule has 1 aromatic rings. The molecule has 0 atom stereocenters. The van der Waals surface area contributed by atoms with Gasteiger partial charge < -0.3 is 10.1 Å². The first-order valence-electron chi connectivity index (χ1n) is 6.69. The van der Waals surface area contributed by atoms with E-state index in [1.54, 1.807) is 0 Å². The summed E-state index contributed by atoms with van der Waals surface area (Å²) in [6.45, 7) is 4.98. The monoisotopic (exact) mass is 247 g/mol. The van der Waals surface area contributed by atoms with Crippen LogP contribution in [0.3, 0.4) is 0 Å². The third-order valence-corrected chi connectivity index (χ3v) is 3.62. The Kier molecular flexibility index (Phi) is 4.76. The molecule has 0 radical (unpaired) electrons. The van der Waals surface area contributed by atoms with E-state index in [0.29, 0.717) is 0 Å². The maximum atomic E-state index is 10.7. The zero-order valence-electron chi connectivity index (χ0n) is 10.9. The van der Waals surface area contributed by atoms with E-state index >= 15 is 0 Å². The van der Waals surface area contributed by atoms with E-state index in [-0.39, 0.29) is 0 Å². The third kappa shape index (κ3) is 3.57. The molecule has 0 amide bonds. The van der Waals surface area contributed by atoms with Gasteiger partial charge in [-0.3, -0.25) is 4.79 Å². The average Bonchev–Trinajstić information content (AvgIpc) is 2.40. The molecule has 3 heteroatoms. The average molecular weight is 247 g/mol. The lowest BCUT2D eigenvalue weighted by molar-refractivity contribution is 0.112. The van der Waals surface area contributed by atoms with Gasteiger partial charge in [-0.15, -0.1) is 0 Å². The second-order valence-corrected chi connectivity index (χ2v) is 4.97. The summed E-state index contributed by atoms with van der Waals surface area (Å²) in [6, 6.07) is 5.63. The predicted molar refractivity (Wildman–Crippen MR) is 72.3 cm³/mol. The van der Waals surface area contributed by atoms with Crippen molar-refractivity contribution in [2.45, 2.75) is 26.2 Å². The first-order chi connectivity index (χ1) is 8.79. The zero-order chi connectivity index (χ0) is 12.8. The van der Waals surface area contributed by atoms with Crippen molar-refractivity contribution in [2.24, 2.45) is 5.92 Å². The van der Waals surface area contributed by atoms with Crippen molar-refractivity contribution in [1.82, 2.24) is 5.32 Å². The Morgan fingerprint density at radius 2 is 2.17 bits per heavy atom. The van der Waals surface area contributed by atoms with Crippen LogP contribution < -0.4 is 10.1 Å². The molecule has 1 aliphatic heterocycles. The summed E-state index contributed by atoms with van der Waals surface area (Å²) >= 11 is 0. The lowest BCUT2D eigenvalue weighted by Crippen LogP contribution is -2.28. The van der Waals surface area contributed by atoms with Crippen molar-refractivity contribution in [3.8, 4) is 5.75 Å². The minimum atomic E-state index is 0.737. The van der Waals surface area contributed by atoms with Gasteiger partial charge in [-0.05, 0) is 69.0 Å². The van der Waals surface area contributed by atoms with Crippen LogP contribution in [0.25, 0.3) is 0 Å². The van der Waals surface area contributed by atoms with Gasteiger partial charge >= 0.3 is 0 Å². The number of aryl methyl sites for hydroxylation is 1. The smallest absolute Gasteiger partial charge is 0.150 e. The maximum Gasteiger partial charge on any atom is 0.150 e. The van der Waals surface area contributed by atoms with Crippen LogP contribution in [0.5, 0.6) is 5.75 Å². The normalized spacial score (nSPS) is 16.5. The van der Waals surface area contributed by atoms with Crippen molar-refractivity contribution >= 4 is 6.29 Å². The number of rotatable bonds is 5. The van der Waals surface area contributed by atoms with Gasteiger partial charge in [0.2, 0.25) is 0 Å². The van der Waals surface area contributed by atoms with E-state index in [4.69, 9.17) is 4.74 Å². The lowest BCUT2D eigenvalue weighted by atomic mass is 9.95. The Bertz CT molecular complexity index is 397. The Morgan fingerprint density at radius 3 is 2.83 bits per heavy atom. The Morgan fingerprint density at radius 1 is 1.39 bits per heavy atom. The summed E-state index contributed by atoms with van der Waals surface area (Å²) in [4.78, 5) is 10.7. The molecule has 1 aliphatic rings. The van der Waals surface area contributed by atoms with E-state index < -0.39 is 0 Å². The summed E-state index contributed by atoms with van der Waals surface area (Å²) in [5.41, 5.74) is 1.71. The van der Waals surface area contributed by atoms with Crippen molar-refractivity contribution in [1.29, 1.82) is 0 Å². The first-order valence-corrected chi connectivity index (χ1v) is 6.69. The van der Waals surface area contributed by atoms with Gasteiger partial charge in [0.1, 0.15) is 12.0 Å². The topological polar surface area (TPSA) is 38.3 Å². The summed E-state index contributed by atoms with van der Waals surface area (Å²) < 4.78 is 5.75. The van der Waals surface area contributed by atoms with Gasteiger partial charge in [0.15, 0.2) is 0 Å². The van der Waals surface area contributed by atoms with Crippen molar-refractivity contribution in [3.63, 3.8) is 0 Å². The Balaban J connectivity index is 1.79. The fourth-order valence-corrected chi connectivity index (χ4v) is 2.38. The molecule has 0 aliphatic carbocycles. The van der Waals surface area contributed by atoms with E-state index in [9.17, 15) is 4.79 Å². The zero-order valence-corrected chi connectivity index (χ0v) is 10.9. The number of aldehydes is 1. The minimum Gasteiger partial charge on any atom is -0.494 e. The van der Waals surface area contributed by atoms with Gasteiger partial charge in [0, 0.05) is 5.56 Å². The summed E-state index contributed by atoms with van der Waals surface area (Å²) in [5, 5.41) is 3.37. The van der Waals surface area contributed by atoms with E-state index in [2.05, 4.69) is 5.32 Å². The fraction of sp³-hybridized carbons (Fsp3) is 0.533. The molecule has 0 aromatic heterocycles. The molecule has 2 rings (SSSR count). The highest BCUT2D eigenvalue weighted by Gasteiger charge is 2.12. The Hall–Kier alpha value is -1.35. The summed E-state index contributed by atoms with van der Waals surface area (Å²) in [5.74, 6) is 1.66. The van der Waals surface area contributed by atoms with Crippen LogP contribution in [0.15, 0.2) is 18.2 Å². The number of benzene rings is 1. The van der Waals surface area contributed by atoms with E-state index in [1.807, 2.05) is 25.1 Å². The lowest BCUT2D eigenvalue weighted by Gasteiger charge is -2.22. The van der Waals surface area contributed by atoms with Gasteiger partial charge in [-0.25, -0.2) is 0 Å². The molecule has 1 aromatic carbocycles. The molecule has 0 saturated carbocycles. The van der Waals surface area contributed by atoms with Crippen LogP contribution in [0.1, 0.15) is 35.2 Å². The van der Waals surface area contributed by atoms with Crippen LogP contribution >= 0.6 is 0 Å². The van der Waals surface area contributed by atoms with Crippen LogP contribution in [-0.2, 0) is 0 Å². The molecule has 1 saturated heterocycles. The molecular weight excluding hydrogens is 226 g/mol. The van der Waals surface area contributed by atoms with Gasteiger partial charge in [-0.2, -0.15) is 0 Å². The molecule has 18 heavy (non-hydrogen) atoms. The maximum absolute atomic E-state index is 10.7. The van der Waals surface area contributed by atoms with Crippen molar-refractivity contribution < 1.29 is 9.53 Å². The number of hydrogen-bond donors (Lipinski definition) is 1. The van der Waals surface area contributed by atoms with E-state index in [0.717, 1.165) is 55.2 Å². The van der Waals surface area contributed by atoms with Crippen LogP contribution in [0.4, 0.5) is 0 Å². The number of piperidine rings is 1. The van der Waals surface area contributed by atoms with Crippen LogP contribution in [0.2, 0.25) is 0 Å². The number of hydrogen-bond acceptors (Lipinski definition) is 3. The molecule has 1 N–H and O–H groups in total. The molecular formula is C15H21NO2. The van der Waals surface area contributed by atoms with Crippen molar-refractivity contribution in [2.75, 3.05) is 19.7 Å². The molecule has 0 unspecified atom stereocenters. The molecule has 1 fully saturated rings. The quantitative estimate of drug-likeness (QED) is 0.813. The van der Waals surface area contributed by atoms with E-state index in [1.165, 1.54) is 12.8 Å².